The molecule has 0 N–H and O–H groups in total. The number of pyridine rings is 1. The molecule has 0 saturated heterocycles. The molecule has 0 aliphatic rings. The minimum absolute atomic E-state index is 0.915. The third-order valence-corrected chi connectivity index (χ3v) is 8.54. The lowest BCUT2D eigenvalue weighted by Gasteiger charge is -2.12. The number of aromatic nitrogens is 3. The van der Waals surface area contributed by atoms with Gasteiger partial charge in [-0.2, -0.15) is 0 Å². The van der Waals surface area contributed by atoms with E-state index < -0.39 is 0 Å². The van der Waals surface area contributed by atoms with E-state index in [0.29, 0.717) is 0 Å². The number of rotatable bonds is 3. The quantitative estimate of drug-likeness (QED) is 0.221. The van der Waals surface area contributed by atoms with E-state index in [9.17, 15) is 0 Å². The maximum absolute atomic E-state index is 4.91. The van der Waals surface area contributed by atoms with Crippen molar-refractivity contribution in [3.8, 4) is 22.6 Å². The Labute approximate surface area is 242 Å². The van der Waals surface area contributed by atoms with Gasteiger partial charge in [0.15, 0.2) is 0 Å². The summed E-state index contributed by atoms with van der Waals surface area (Å²) in [6.45, 7) is 0. The molecule has 0 unspecified atom stereocenters. The van der Waals surface area contributed by atoms with Crippen LogP contribution >= 0.6 is 0 Å². The van der Waals surface area contributed by atoms with Gasteiger partial charge in [0, 0.05) is 38.8 Å². The summed E-state index contributed by atoms with van der Waals surface area (Å²) in [6, 6.07) is 52.2. The molecule has 0 spiro atoms. The van der Waals surface area contributed by atoms with Crippen molar-refractivity contribution in [3.63, 3.8) is 0 Å². The first-order valence-electron chi connectivity index (χ1n) is 14.3. The summed E-state index contributed by atoms with van der Waals surface area (Å²) in [4.78, 5) is 4.91. The molecule has 0 fully saturated rings. The second kappa shape index (κ2) is 8.92. The average Bonchev–Trinajstić information content (AvgIpc) is 3.57. The van der Waals surface area contributed by atoms with E-state index in [-0.39, 0.29) is 0 Å². The first-order valence-corrected chi connectivity index (χ1v) is 14.3. The van der Waals surface area contributed by atoms with Crippen LogP contribution in [0.4, 0.5) is 0 Å². The van der Waals surface area contributed by atoms with Crippen LogP contribution in [0.15, 0.2) is 152 Å². The van der Waals surface area contributed by atoms with Crippen molar-refractivity contribution in [2.45, 2.75) is 0 Å². The molecule has 0 amide bonds. The van der Waals surface area contributed by atoms with E-state index in [4.69, 9.17) is 4.98 Å². The molecule has 3 aromatic heterocycles. The standard InChI is InChI=1S/C39H25N3/c1-3-11-26(12-4-1)27-21-22-40-38(24-27)42-36-18-10-8-16-31(36)34-23-28-19-20-32-30-15-7-9-17-35(30)41(29-13-5-2-6-14-29)39(32)33(28)25-37(34)42/h1-25H. The molecule has 6 aromatic carbocycles. The smallest absolute Gasteiger partial charge is 0.138 e. The number of fused-ring (bicyclic) bond motifs is 8. The van der Waals surface area contributed by atoms with E-state index in [2.05, 4.69) is 155 Å². The third-order valence-electron chi connectivity index (χ3n) is 8.54. The number of para-hydroxylation sites is 3. The van der Waals surface area contributed by atoms with Crippen LogP contribution in [-0.4, -0.2) is 14.1 Å². The van der Waals surface area contributed by atoms with Gasteiger partial charge in [0.1, 0.15) is 5.82 Å². The van der Waals surface area contributed by atoms with Crippen molar-refractivity contribution in [2.24, 2.45) is 0 Å². The van der Waals surface area contributed by atoms with Crippen molar-refractivity contribution >= 4 is 54.4 Å². The lowest BCUT2D eigenvalue weighted by Crippen LogP contribution is -1.98. The molecule has 0 bridgehead atoms. The fourth-order valence-electron chi connectivity index (χ4n) is 6.69. The fourth-order valence-corrected chi connectivity index (χ4v) is 6.69. The van der Waals surface area contributed by atoms with Crippen molar-refractivity contribution in [3.05, 3.63) is 152 Å². The van der Waals surface area contributed by atoms with E-state index in [1.165, 1.54) is 48.9 Å². The van der Waals surface area contributed by atoms with Crippen LogP contribution in [0, 0.1) is 0 Å². The molecule has 3 nitrogen and oxygen atoms in total. The summed E-state index contributed by atoms with van der Waals surface area (Å²) < 4.78 is 4.74. The molecular formula is C39H25N3. The largest absolute Gasteiger partial charge is 0.309 e. The second-order valence-electron chi connectivity index (χ2n) is 10.9. The average molecular weight is 536 g/mol. The Bertz CT molecular complexity index is 2450. The van der Waals surface area contributed by atoms with E-state index in [0.717, 1.165) is 28.1 Å². The first kappa shape index (κ1) is 23.1. The molecule has 9 aromatic rings. The summed E-state index contributed by atoms with van der Waals surface area (Å²) in [7, 11) is 0. The van der Waals surface area contributed by atoms with Crippen LogP contribution in [0.2, 0.25) is 0 Å². The SMILES string of the molecule is c1ccc(-c2ccnc(-n3c4ccccc4c4cc5ccc6c7ccccc7n(-c7ccccc7)c6c5cc43)c2)cc1. The van der Waals surface area contributed by atoms with E-state index in [1.54, 1.807) is 0 Å². The minimum Gasteiger partial charge on any atom is -0.309 e. The molecule has 0 radical (unpaired) electrons. The van der Waals surface area contributed by atoms with E-state index >= 15 is 0 Å². The van der Waals surface area contributed by atoms with Crippen LogP contribution in [0.3, 0.4) is 0 Å². The van der Waals surface area contributed by atoms with Gasteiger partial charge in [0.05, 0.1) is 22.1 Å². The van der Waals surface area contributed by atoms with Crippen molar-refractivity contribution < 1.29 is 0 Å². The predicted octanol–water partition coefficient (Wildman–Crippen LogP) is 10.1. The topological polar surface area (TPSA) is 22.8 Å². The number of benzene rings is 6. The van der Waals surface area contributed by atoms with Crippen molar-refractivity contribution in [1.29, 1.82) is 0 Å². The molecule has 3 heteroatoms. The van der Waals surface area contributed by atoms with Gasteiger partial charge in [0.2, 0.25) is 0 Å². The van der Waals surface area contributed by atoms with Crippen LogP contribution in [0.5, 0.6) is 0 Å². The van der Waals surface area contributed by atoms with Gasteiger partial charge in [-0.25, -0.2) is 4.98 Å². The van der Waals surface area contributed by atoms with Gasteiger partial charge >= 0.3 is 0 Å². The Hall–Kier alpha value is -5.67. The molecule has 42 heavy (non-hydrogen) atoms. The van der Waals surface area contributed by atoms with Gasteiger partial charge in [-0.1, -0.05) is 97.1 Å². The zero-order valence-corrected chi connectivity index (χ0v) is 22.8. The molecular weight excluding hydrogens is 510 g/mol. The fraction of sp³-hybridized carbons (Fsp3) is 0. The summed E-state index contributed by atoms with van der Waals surface area (Å²) in [6.07, 6.45) is 1.92. The van der Waals surface area contributed by atoms with Crippen LogP contribution in [-0.2, 0) is 0 Å². The summed E-state index contributed by atoms with van der Waals surface area (Å²) in [5, 5.41) is 7.42. The monoisotopic (exact) mass is 535 g/mol. The maximum Gasteiger partial charge on any atom is 0.138 e. The lowest BCUT2D eigenvalue weighted by atomic mass is 10.0. The van der Waals surface area contributed by atoms with Crippen LogP contribution in [0.25, 0.3) is 77.0 Å². The Morgan fingerprint density at radius 2 is 1.07 bits per heavy atom. The van der Waals surface area contributed by atoms with Crippen molar-refractivity contribution in [2.75, 3.05) is 0 Å². The Balaban J connectivity index is 1.42. The molecule has 0 aliphatic carbocycles. The van der Waals surface area contributed by atoms with Gasteiger partial charge in [-0.15, -0.1) is 0 Å². The molecule has 9 rings (SSSR count). The highest BCUT2D eigenvalue weighted by molar-refractivity contribution is 6.22. The zero-order chi connectivity index (χ0) is 27.6. The number of hydrogen-bond donors (Lipinski definition) is 0. The third kappa shape index (κ3) is 3.31. The highest BCUT2D eigenvalue weighted by atomic mass is 15.1. The van der Waals surface area contributed by atoms with Gasteiger partial charge in [-0.05, 0) is 65.0 Å². The minimum atomic E-state index is 0.915. The molecule has 0 aliphatic heterocycles. The highest BCUT2D eigenvalue weighted by Gasteiger charge is 2.19. The molecule has 196 valence electrons. The lowest BCUT2D eigenvalue weighted by molar-refractivity contribution is 1.08. The van der Waals surface area contributed by atoms with E-state index in [1.807, 2.05) is 6.20 Å². The second-order valence-corrected chi connectivity index (χ2v) is 10.9. The highest BCUT2D eigenvalue weighted by Crippen LogP contribution is 2.40. The molecule has 0 saturated carbocycles. The van der Waals surface area contributed by atoms with Crippen LogP contribution in [0.1, 0.15) is 0 Å². The van der Waals surface area contributed by atoms with Gasteiger partial charge in [0.25, 0.3) is 0 Å². The molecule has 3 heterocycles. The van der Waals surface area contributed by atoms with Gasteiger partial charge in [-0.3, -0.25) is 4.57 Å². The van der Waals surface area contributed by atoms with Crippen molar-refractivity contribution in [1.82, 2.24) is 14.1 Å². The number of hydrogen-bond acceptors (Lipinski definition) is 1. The normalized spacial score (nSPS) is 11.8. The predicted molar refractivity (Wildman–Crippen MR) is 176 cm³/mol. The molecule has 0 atom stereocenters. The van der Waals surface area contributed by atoms with Crippen LogP contribution < -0.4 is 0 Å². The Morgan fingerprint density at radius 1 is 0.405 bits per heavy atom. The maximum atomic E-state index is 4.91. The number of nitrogens with zero attached hydrogens (tertiary/aromatic N) is 3. The summed E-state index contributed by atoms with van der Waals surface area (Å²) in [5.74, 6) is 0.915. The Morgan fingerprint density at radius 3 is 1.86 bits per heavy atom. The Kier molecular flexibility index (Phi) is 4.90. The summed E-state index contributed by atoms with van der Waals surface area (Å²) >= 11 is 0. The first-order chi connectivity index (χ1) is 20.8. The zero-order valence-electron chi connectivity index (χ0n) is 22.8. The van der Waals surface area contributed by atoms with Gasteiger partial charge < -0.3 is 4.57 Å². The summed E-state index contributed by atoms with van der Waals surface area (Å²) in [5.41, 5.74) is 8.24.